The number of ether oxygens (including phenoxy) is 1. The number of rotatable bonds is 10. The summed E-state index contributed by atoms with van der Waals surface area (Å²) >= 11 is 0. The van der Waals surface area contributed by atoms with Crippen molar-refractivity contribution in [2.45, 2.75) is 39.5 Å². The second kappa shape index (κ2) is 13.3. The van der Waals surface area contributed by atoms with Crippen molar-refractivity contribution in [1.29, 1.82) is 0 Å². The van der Waals surface area contributed by atoms with Crippen LogP contribution in [0.2, 0.25) is 0 Å². The lowest BCUT2D eigenvalue weighted by Crippen LogP contribution is -2.69. The summed E-state index contributed by atoms with van der Waals surface area (Å²) < 4.78 is 11.4. The first-order valence-electron chi connectivity index (χ1n) is 12.1. The molecule has 0 saturated heterocycles. The minimum Gasteiger partial charge on any atom is -0.487 e. The number of hydrogen-bond acceptors (Lipinski definition) is 4. The first-order valence-corrected chi connectivity index (χ1v) is 14.0. The molecule has 3 aromatic carbocycles. The van der Waals surface area contributed by atoms with E-state index in [-0.39, 0.29) is 12.5 Å². The van der Waals surface area contributed by atoms with Crippen molar-refractivity contribution in [3.63, 3.8) is 0 Å². The highest BCUT2D eigenvalue weighted by molar-refractivity contribution is 7.07. The molecular formula is C28H32N2O4Si. The van der Waals surface area contributed by atoms with Crippen LogP contribution in [-0.2, 0) is 9.16 Å². The Morgan fingerprint density at radius 3 is 1.63 bits per heavy atom. The van der Waals surface area contributed by atoms with Gasteiger partial charge in [0.1, 0.15) is 0 Å². The maximum Gasteiger partial charge on any atom is 0.452 e. The summed E-state index contributed by atoms with van der Waals surface area (Å²) in [4.78, 5) is 25.1. The van der Waals surface area contributed by atoms with Gasteiger partial charge < -0.3 is 9.16 Å². The van der Waals surface area contributed by atoms with E-state index in [2.05, 4.69) is 24.1 Å². The van der Waals surface area contributed by atoms with Crippen LogP contribution in [0.25, 0.3) is 0 Å². The van der Waals surface area contributed by atoms with E-state index in [1.54, 1.807) is 0 Å². The minimum absolute atomic E-state index is 0.264. The maximum absolute atomic E-state index is 13.0. The molecule has 3 rings (SSSR count). The fourth-order valence-electron chi connectivity index (χ4n) is 4.04. The van der Waals surface area contributed by atoms with Gasteiger partial charge >= 0.3 is 20.5 Å². The van der Waals surface area contributed by atoms with E-state index >= 15 is 0 Å². The molecule has 0 heterocycles. The average Bonchev–Trinajstić information content (AvgIpc) is 2.92. The molecule has 35 heavy (non-hydrogen) atoms. The van der Waals surface area contributed by atoms with Gasteiger partial charge in [-0.3, -0.25) is 0 Å². The number of nitrogens with zero attached hydrogens (tertiary/aromatic N) is 2. The normalized spacial score (nSPS) is 12.3. The summed E-state index contributed by atoms with van der Waals surface area (Å²) in [5.74, 6) is 0.273. The van der Waals surface area contributed by atoms with Crippen LogP contribution in [-0.4, -0.2) is 27.1 Å². The molecule has 0 aromatic heterocycles. The molecule has 0 bridgehead atoms. The van der Waals surface area contributed by atoms with Gasteiger partial charge in [0, 0.05) is 0 Å². The zero-order valence-corrected chi connectivity index (χ0v) is 21.3. The molecule has 0 N–H and O–H groups in total. The van der Waals surface area contributed by atoms with Gasteiger partial charge in [-0.1, -0.05) is 134 Å². The van der Waals surface area contributed by atoms with Crippen LogP contribution in [0.3, 0.4) is 0 Å². The Kier molecular flexibility index (Phi) is 9.92. The predicted molar refractivity (Wildman–Crippen MR) is 140 cm³/mol. The van der Waals surface area contributed by atoms with Gasteiger partial charge in [-0.05, 0) is 27.9 Å². The molecule has 2 amide bonds. The van der Waals surface area contributed by atoms with Gasteiger partial charge in [0.25, 0.3) is 0 Å². The summed E-state index contributed by atoms with van der Waals surface area (Å²) in [6, 6.07) is 28.9. The molecule has 182 valence electrons. The standard InChI is InChI=1S/C28H32N2O4Si/c1-3-5-15-23(4-2)22-33-27(31)29-30-28(32)34-35(24-16-9-6-10-17-24,25-18-11-7-12-19-25)26-20-13-8-14-21-26/h6-14,16-21,23H,3-5,15,22H2,1-2H3/b30-29+. The number of carbonyl (C=O) groups excluding carboxylic acids is 2. The quantitative estimate of drug-likeness (QED) is 0.212. The Morgan fingerprint density at radius 1 is 0.743 bits per heavy atom. The van der Waals surface area contributed by atoms with Gasteiger partial charge in [-0.15, -0.1) is 0 Å². The Bertz CT molecular complexity index is 995. The summed E-state index contributed by atoms with van der Waals surface area (Å²) in [6.07, 6.45) is 2.25. The maximum atomic E-state index is 13.0. The van der Waals surface area contributed by atoms with Crippen LogP contribution in [0.4, 0.5) is 9.59 Å². The molecule has 0 saturated carbocycles. The van der Waals surface area contributed by atoms with Crippen molar-refractivity contribution in [2.75, 3.05) is 6.61 Å². The lowest BCUT2D eigenvalue weighted by atomic mass is 10.0. The van der Waals surface area contributed by atoms with Crippen molar-refractivity contribution in [1.82, 2.24) is 0 Å². The van der Waals surface area contributed by atoms with Crippen LogP contribution in [0.15, 0.2) is 101 Å². The summed E-state index contributed by atoms with van der Waals surface area (Å²) in [6.45, 7) is 4.45. The number of unbranched alkanes of at least 4 members (excludes halogenated alkanes) is 1. The largest absolute Gasteiger partial charge is 0.487 e. The van der Waals surface area contributed by atoms with Crippen molar-refractivity contribution < 1.29 is 18.8 Å². The highest BCUT2D eigenvalue weighted by atomic mass is 28.4. The van der Waals surface area contributed by atoms with E-state index in [1.165, 1.54) is 0 Å². The number of amides is 2. The molecule has 3 aromatic rings. The van der Waals surface area contributed by atoms with Crippen LogP contribution in [0, 0.1) is 5.92 Å². The number of hydrogen-bond donors (Lipinski definition) is 0. The summed E-state index contributed by atoms with van der Waals surface area (Å²) in [5.41, 5.74) is 0. The van der Waals surface area contributed by atoms with Crippen LogP contribution in [0.1, 0.15) is 39.5 Å². The smallest absolute Gasteiger partial charge is 0.452 e. The van der Waals surface area contributed by atoms with E-state index in [0.717, 1.165) is 41.2 Å². The summed E-state index contributed by atoms with van der Waals surface area (Å²) in [7, 11) is -3.27. The zero-order valence-electron chi connectivity index (χ0n) is 20.3. The number of azo groups is 1. The van der Waals surface area contributed by atoms with E-state index in [4.69, 9.17) is 9.16 Å². The lowest BCUT2D eigenvalue weighted by Gasteiger charge is -2.31. The van der Waals surface area contributed by atoms with E-state index in [0.29, 0.717) is 0 Å². The number of carbonyl (C=O) groups is 2. The first kappa shape index (κ1) is 26.0. The molecule has 0 aliphatic heterocycles. The molecule has 0 aliphatic carbocycles. The lowest BCUT2D eigenvalue weighted by molar-refractivity contribution is 0.130. The van der Waals surface area contributed by atoms with Crippen LogP contribution in [0.5, 0.6) is 0 Å². The van der Waals surface area contributed by atoms with Crippen LogP contribution < -0.4 is 15.6 Å². The fraction of sp³-hybridized carbons (Fsp3) is 0.286. The SMILES string of the molecule is CCCCC(CC)COC(=O)/N=N/C(=O)O[Si](c1ccccc1)(c1ccccc1)c1ccccc1. The Labute approximate surface area is 208 Å². The third kappa shape index (κ3) is 6.96. The monoisotopic (exact) mass is 488 g/mol. The molecule has 0 aliphatic rings. The van der Waals surface area contributed by atoms with Crippen LogP contribution >= 0.6 is 0 Å². The van der Waals surface area contributed by atoms with Gasteiger partial charge in [-0.25, -0.2) is 9.59 Å². The highest BCUT2D eigenvalue weighted by Gasteiger charge is 2.45. The second-order valence-corrected chi connectivity index (χ2v) is 11.6. The first-order chi connectivity index (χ1) is 17.1. The van der Waals surface area contributed by atoms with Gasteiger partial charge in [0.05, 0.1) is 6.61 Å². The van der Waals surface area contributed by atoms with Gasteiger partial charge in [0.2, 0.25) is 0 Å². The van der Waals surface area contributed by atoms with Crippen molar-refractivity contribution in [2.24, 2.45) is 16.1 Å². The average molecular weight is 489 g/mol. The third-order valence-corrected chi connectivity index (χ3v) is 9.90. The van der Waals surface area contributed by atoms with Gasteiger partial charge in [-0.2, -0.15) is 0 Å². The minimum atomic E-state index is -3.27. The molecule has 0 fully saturated rings. The molecule has 1 unspecified atom stereocenters. The van der Waals surface area contributed by atoms with Gasteiger partial charge in [0.15, 0.2) is 0 Å². The highest BCUT2D eigenvalue weighted by Crippen LogP contribution is 2.14. The third-order valence-electron chi connectivity index (χ3n) is 5.98. The van der Waals surface area contributed by atoms with Crippen molar-refractivity contribution in [3.05, 3.63) is 91.0 Å². The zero-order chi connectivity index (χ0) is 24.9. The molecule has 7 heteroatoms. The molecule has 0 radical (unpaired) electrons. The van der Waals surface area contributed by atoms with E-state index < -0.39 is 20.5 Å². The number of benzene rings is 3. The van der Waals surface area contributed by atoms with Crippen molar-refractivity contribution in [3.8, 4) is 0 Å². The fourth-order valence-corrected chi connectivity index (χ4v) is 7.69. The topological polar surface area (TPSA) is 77.3 Å². The second-order valence-electron chi connectivity index (χ2n) is 8.34. The Morgan fingerprint density at radius 2 is 1.20 bits per heavy atom. The molecule has 0 spiro atoms. The van der Waals surface area contributed by atoms with E-state index in [9.17, 15) is 9.59 Å². The predicted octanol–water partition coefficient (Wildman–Crippen LogP) is 5.60. The molecule has 6 nitrogen and oxygen atoms in total. The summed E-state index contributed by atoms with van der Waals surface area (Å²) in [5, 5.41) is 9.70. The molecule has 1 atom stereocenters. The Balaban J connectivity index is 1.86. The Hall–Kier alpha value is -3.58. The van der Waals surface area contributed by atoms with E-state index in [1.807, 2.05) is 91.0 Å². The molecular weight excluding hydrogens is 456 g/mol. The van der Waals surface area contributed by atoms with Crippen molar-refractivity contribution >= 4 is 36.1 Å².